The molecule has 4 amide bonds. The molecule has 1 fully saturated rings. The molecule has 35 heavy (non-hydrogen) atoms. The van der Waals surface area contributed by atoms with Gasteiger partial charge in [-0.3, -0.25) is 14.5 Å². The summed E-state index contributed by atoms with van der Waals surface area (Å²) >= 11 is 13.6. The van der Waals surface area contributed by atoms with E-state index < -0.39 is 0 Å². The fourth-order valence-corrected chi connectivity index (χ4v) is 5.61. The number of hydrogen-bond donors (Lipinski definition) is 1. The van der Waals surface area contributed by atoms with Gasteiger partial charge in [0, 0.05) is 36.1 Å². The van der Waals surface area contributed by atoms with Gasteiger partial charge in [-0.15, -0.1) is 11.8 Å². The molecule has 2 unspecified atom stereocenters. The van der Waals surface area contributed by atoms with Crippen molar-refractivity contribution in [1.29, 1.82) is 0 Å². The lowest BCUT2D eigenvalue weighted by molar-refractivity contribution is -0.131. The minimum absolute atomic E-state index is 0.0412. The largest absolute Gasteiger partial charge is 0.352 e. The summed E-state index contributed by atoms with van der Waals surface area (Å²) in [7, 11) is 0. The highest BCUT2D eigenvalue weighted by atomic mass is 35.5. The zero-order chi connectivity index (χ0) is 24.8. The number of thioether (sulfide) groups is 1. The Morgan fingerprint density at radius 3 is 2.54 bits per heavy atom. The molecule has 0 bridgehead atoms. The van der Waals surface area contributed by atoms with E-state index in [-0.39, 0.29) is 29.1 Å². The van der Waals surface area contributed by atoms with Crippen LogP contribution in [-0.2, 0) is 22.7 Å². The molecule has 0 aliphatic carbocycles. The second-order valence-electron chi connectivity index (χ2n) is 8.58. The van der Waals surface area contributed by atoms with Crippen LogP contribution in [0, 0.1) is 0 Å². The van der Waals surface area contributed by atoms with Gasteiger partial charge in [0.15, 0.2) is 0 Å². The molecule has 1 N–H and O–H groups in total. The molecular formula is C26H27Cl2N3O3S. The molecule has 2 heterocycles. The summed E-state index contributed by atoms with van der Waals surface area (Å²) in [5.74, 6) is -0.180. The third-order valence-corrected chi connectivity index (χ3v) is 7.85. The Balaban J connectivity index is 1.25. The van der Waals surface area contributed by atoms with Crippen molar-refractivity contribution in [1.82, 2.24) is 15.1 Å². The fourth-order valence-electron chi connectivity index (χ4n) is 4.22. The number of rotatable bonds is 10. The first-order valence-electron chi connectivity index (χ1n) is 11.6. The molecule has 2 atom stereocenters. The summed E-state index contributed by atoms with van der Waals surface area (Å²) in [5.41, 5.74) is 1.84. The molecule has 4 rings (SSSR count). The third-order valence-electron chi connectivity index (χ3n) is 6.14. The standard InChI is InChI=1S/C26H27Cl2N3O3S/c27-20-11-9-18(10-12-20)17-31-22-13-15-35-24(22)25(33)30(26(31)34)14-5-1-2-8-23(32)29-16-19-6-3-4-7-21(19)28/h3-4,6-7,9-13,15,22,24H,1-2,5,8,14,16-17H2,(H,29,32). The van der Waals surface area contributed by atoms with Crippen molar-refractivity contribution in [2.24, 2.45) is 0 Å². The quantitative estimate of drug-likeness (QED) is 0.403. The van der Waals surface area contributed by atoms with Gasteiger partial charge in [-0.05, 0) is 47.6 Å². The number of amides is 4. The van der Waals surface area contributed by atoms with Gasteiger partial charge in [0.2, 0.25) is 11.8 Å². The minimum atomic E-state index is -0.310. The van der Waals surface area contributed by atoms with E-state index in [1.807, 2.05) is 41.8 Å². The lowest BCUT2D eigenvalue weighted by Gasteiger charge is -2.41. The zero-order valence-electron chi connectivity index (χ0n) is 19.2. The van der Waals surface area contributed by atoms with E-state index in [1.165, 1.54) is 16.7 Å². The predicted octanol–water partition coefficient (Wildman–Crippen LogP) is 5.63. The Bertz CT molecular complexity index is 1110. The Labute approximate surface area is 219 Å². The molecule has 0 aromatic heterocycles. The SMILES string of the molecule is O=C(CCCCCN1C(=O)C2SC=CC2N(Cc2ccc(Cl)cc2)C1=O)NCc1ccccc1Cl. The number of carbonyl (C=O) groups excluding carboxylic acids is 3. The average molecular weight is 532 g/mol. The van der Waals surface area contributed by atoms with E-state index in [2.05, 4.69) is 5.32 Å². The Hall–Kier alpha value is -2.48. The van der Waals surface area contributed by atoms with Crippen LogP contribution in [0.25, 0.3) is 0 Å². The Morgan fingerprint density at radius 2 is 1.77 bits per heavy atom. The molecule has 1 saturated heterocycles. The number of benzene rings is 2. The minimum Gasteiger partial charge on any atom is -0.352 e. The van der Waals surface area contributed by atoms with Gasteiger partial charge >= 0.3 is 6.03 Å². The van der Waals surface area contributed by atoms with Gasteiger partial charge in [0.1, 0.15) is 5.25 Å². The molecule has 0 spiro atoms. The van der Waals surface area contributed by atoms with Crippen LogP contribution in [-0.4, -0.2) is 45.5 Å². The molecule has 184 valence electrons. The highest BCUT2D eigenvalue weighted by Crippen LogP contribution is 2.35. The van der Waals surface area contributed by atoms with Gasteiger partial charge in [0.25, 0.3) is 0 Å². The van der Waals surface area contributed by atoms with Crippen LogP contribution < -0.4 is 5.32 Å². The van der Waals surface area contributed by atoms with Gasteiger partial charge < -0.3 is 10.2 Å². The first-order chi connectivity index (χ1) is 16.9. The van der Waals surface area contributed by atoms with Crippen LogP contribution in [0.4, 0.5) is 4.79 Å². The Morgan fingerprint density at radius 1 is 1.00 bits per heavy atom. The van der Waals surface area contributed by atoms with E-state index in [9.17, 15) is 14.4 Å². The van der Waals surface area contributed by atoms with E-state index in [0.29, 0.717) is 48.9 Å². The molecule has 2 aliphatic heterocycles. The van der Waals surface area contributed by atoms with E-state index in [0.717, 1.165) is 17.5 Å². The van der Waals surface area contributed by atoms with Crippen molar-refractivity contribution in [3.05, 3.63) is 81.2 Å². The summed E-state index contributed by atoms with van der Waals surface area (Å²) in [5, 5.41) is 5.75. The fraction of sp³-hybridized carbons (Fsp3) is 0.346. The number of hydrogen-bond acceptors (Lipinski definition) is 4. The summed E-state index contributed by atoms with van der Waals surface area (Å²) in [6, 6.07) is 14.3. The highest BCUT2D eigenvalue weighted by Gasteiger charge is 2.46. The Kier molecular flexibility index (Phi) is 8.76. The molecule has 2 aliphatic rings. The summed E-state index contributed by atoms with van der Waals surface area (Å²) in [6.45, 7) is 1.16. The molecule has 0 saturated carbocycles. The first kappa shape index (κ1) is 25.6. The van der Waals surface area contributed by atoms with Crippen molar-refractivity contribution >= 4 is 52.8 Å². The van der Waals surface area contributed by atoms with Crippen LogP contribution in [0.1, 0.15) is 36.8 Å². The van der Waals surface area contributed by atoms with Crippen molar-refractivity contribution in [3.8, 4) is 0 Å². The first-order valence-corrected chi connectivity index (χ1v) is 13.3. The van der Waals surface area contributed by atoms with Gasteiger partial charge in [0.05, 0.1) is 6.04 Å². The molecule has 6 nitrogen and oxygen atoms in total. The molecule has 2 aromatic carbocycles. The molecule has 2 aromatic rings. The molecular weight excluding hydrogens is 505 g/mol. The topological polar surface area (TPSA) is 69.7 Å². The number of urea groups is 1. The zero-order valence-corrected chi connectivity index (χ0v) is 21.5. The van der Waals surface area contributed by atoms with E-state index in [1.54, 1.807) is 23.1 Å². The lowest BCUT2D eigenvalue weighted by atomic mass is 10.1. The maximum Gasteiger partial charge on any atom is 0.327 e. The predicted molar refractivity (Wildman–Crippen MR) is 140 cm³/mol. The van der Waals surface area contributed by atoms with Crippen LogP contribution >= 0.6 is 35.0 Å². The second-order valence-corrected chi connectivity index (χ2v) is 10.5. The second kappa shape index (κ2) is 12.0. The number of fused-ring (bicyclic) bond motifs is 1. The van der Waals surface area contributed by atoms with Crippen LogP contribution in [0.2, 0.25) is 10.0 Å². The van der Waals surface area contributed by atoms with Crippen LogP contribution in [0.5, 0.6) is 0 Å². The van der Waals surface area contributed by atoms with E-state index >= 15 is 0 Å². The highest BCUT2D eigenvalue weighted by molar-refractivity contribution is 8.03. The molecule has 0 radical (unpaired) electrons. The number of nitrogens with zero attached hydrogens (tertiary/aromatic N) is 2. The lowest BCUT2D eigenvalue weighted by Crippen LogP contribution is -2.61. The van der Waals surface area contributed by atoms with Crippen molar-refractivity contribution in [3.63, 3.8) is 0 Å². The van der Waals surface area contributed by atoms with Crippen molar-refractivity contribution in [2.75, 3.05) is 6.54 Å². The summed E-state index contributed by atoms with van der Waals surface area (Å²) < 4.78 is 0. The van der Waals surface area contributed by atoms with Gasteiger partial charge in [-0.1, -0.05) is 66.0 Å². The van der Waals surface area contributed by atoms with E-state index in [4.69, 9.17) is 23.2 Å². The summed E-state index contributed by atoms with van der Waals surface area (Å²) in [4.78, 5) is 41.5. The van der Waals surface area contributed by atoms with Crippen molar-refractivity contribution < 1.29 is 14.4 Å². The summed E-state index contributed by atoms with van der Waals surface area (Å²) in [6.07, 6.45) is 4.40. The number of carbonyl (C=O) groups is 3. The van der Waals surface area contributed by atoms with Gasteiger partial charge in [-0.2, -0.15) is 0 Å². The van der Waals surface area contributed by atoms with Crippen LogP contribution in [0.3, 0.4) is 0 Å². The maximum atomic E-state index is 13.3. The molecule has 9 heteroatoms. The van der Waals surface area contributed by atoms with Gasteiger partial charge in [-0.25, -0.2) is 4.79 Å². The number of halogens is 2. The monoisotopic (exact) mass is 531 g/mol. The third kappa shape index (κ3) is 6.40. The normalized spacial score (nSPS) is 19.3. The van der Waals surface area contributed by atoms with Crippen LogP contribution in [0.15, 0.2) is 60.0 Å². The smallest absolute Gasteiger partial charge is 0.327 e. The number of imide groups is 1. The number of nitrogens with one attached hydrogen (secondary N) is 1. The average Bonchev–Trinajstić information content (AvgIpc) is 3.34. The van der Waals surface area contributed by atoms with Crippen molar-refractivity contribution in [2.45, 2.75) is 50.1 Å². The number of unbranched alkanes of at least 4 members (excludes halogenated alkanes) is 2. The maximum absolute atomic E-state index is 13.3.